The Labute approximate surface area is 328 Å². The number of halogens is 3. The van der Waals surface area contributed by atoms with Gasteiger partial charge < -0.3 is 0 Å². The number of rotatable bonds is 5. The summed E-state index contributed by atoms with van der Waals surface area (Å²) < 4.78 is 2.41. The molecule has 0 amide bonds. The number of nitrogens with zero attached hydrogens (tertiary/aromatic N) is 4. The molecule has 0 fully saturated rings. The number of ketones is 2. The molecule has 0 spiro atoms. The smallest absolute Gasteiger partial charge is 0.186 e. The molecular formula is C42H47Br3N4O2. The second-order valence-corrected chi connectivity index (χ2v) is 19.6. The quantitative estimate of drug-likeness (QED) is 0.280. The molecule has 2 aliphatic carbocycles. The lowest BCUT2D eigenvalue weighted by molar-refractivity contribution is -0.114. The average molecular weight is 880 g/mol. The van der Waals surface area contributed by atoms with Crippen molar-refractivity contribution in [3.8, 4) is 11.1 Å². The summed E-state index contributed by atoms with van der Waals surface area (Å²) in [4.78, 5) is 26.5. The van der Waals surface area contributed by atoms with Gasteiger partial charge in [-0.15, -0.1) is 10.2 Å². The van der Waals surface area contributed by atoms with Crippen LogP contribution in [0.4, 0.5) is 11.4 Å². The van der Waals surface area contributed by atoms with Gasteiger partial charge in [0.05, 0.1) is 18.1 Å². The molecule has 9 heteroatoms. The summed E-state index contributed by atoms with van der Waals surface area (Å²) in [5, 5.41) is 17.8. The normalized spacial score (nSPS) is 16.5. The number of allylic oxidation sites excluding steroid dienone is 10. The molecule has 0 saturated carbocycles. The summed E-state index contributed by atoms with van der Waals surface area (Å²) in [6.45, 7) is 24.6. The van der Waals surface area contributed by atoms with E-state index in [4.69, 9.17) is 0 Å². The summed E-state index contributed by atoms with van der Waals surface area (Å²) in [7, 11) is 0. The zero-order chi connectivity index (χ0) is 38.3. The highest BCUT2D eigenvalue weighted by Gasteiger charge is 2.35. The Morgan fingerprint density at radius 3 is 1.24 bits per heavy atom. The van der Waals surface area contributed by atoms with Crippen LogP contribution in [0.1, 0.15) is 83.1 Å². The Kier molecular flexibility index (Phi) is 12.0. The second-order valence-electron chi connectivity index (χ2n) is 17.0. The fraction of sp³-hybridized carbons (Fsp3) is 0.381. The molecule has 4 rings (SSSR count). The summed E-state index contributed by atoms with van der Waals surface area (Å²) in [6, 6.07) is 9.81. The van der Waals surface area contributed by atoms with Gasteiger partial charge in [-0.2, -0.15) is 10.2 Å². The summed E-state index contributed by atoms with van der Waals surface area (Å²) in [6.07, 6.45) is 11.1. The van der Waals surface area contributed by atoms with Crippen LogP contribution in [0, 0.1) is 21.7 Å². The van der Waals surface area contributed by atoms with Gasteiger partial charge in [-0.25, -0.2) is 0 Å². The molecule has 0 aliphatic heterocycles. The average Bonchev–Trinajstić information content (AvgIpc) is 2.98. The Hall–Kier alpha value is -3.14. The van der Waals surface area contributed by atoms with E-state index in [9.17, 15) is 9.59 Å². The minimum absolute atomic E-state index is 0.0869. The molecule has 2 aromatic rings. The number of Topliss-reactive ketones (excluding diaryl/α,β-unsaturated/α-hetero) is 2. The second kappa shape index (κ2) is 15.1. The van der Waals surface area contributed by atoms with Crippen LogP contribution >= 0.6 is 47.8 Å². The van der Waals surface area contributed by atoms with Crippen LogP contribution in [-0.4, -0.2) is 11.6 Å². The van der Waals surface area contributed by atoms with Crippen LogP contribution in [0.15, 0.2) is 134 Å². The van der Waals surface area contributed by atoms with Gasteiger partial charge in [-0.05, 0) is 124 Å². The molecule has 2 aliphatic rings. The van der Waals surface area contributed by atoms with Crippen LogP contribution in [0.2, 0.25) is 0 Å². The van der Waals surface area contributed by atoms with Crippen LogP contribution in [0.5, 0.6) is 0 Å². The third kappa shape index (κ3) is 9.85. The number of carbonyl (C=O) groups excluding carboxylic acids is 2. The first-order valence-corrected chi connectivity index (χ1v) is 19.2. The molecule has 0 radical (unpaired) electrons. The van der Waals surface area contributed by atoms with E-state index in [1.807, 2.05) is 54.6 Å². The molecule has 0 aromatic heterocycles. The van der Waals surface area contributed by atoms with Gasteiger partial charge in [-0.1, -0.05) is 105 Å². The van der Waals surface area contributed by atoms with Crippen LogP contribution in [0.25, 0.3) is 11.1 Å². The van der Waals surface area contributed by atoms with Crippen LogP contribution in [-0.2, 0) is 9.59 Å². The molecule has 268 valence electrons. The van der Waals surface area contributed by atoms with Crippen molar-refractivity contribution in [1.82, 2.24) is 0 Å². The van der Waals surface area contributed by atoms with Crippen LogP contribution in [0.3, 0.4) is 0 Å². The number of hydrogen-bond donors (Lipinski definition) is 0. The van der Waals surface area contributed by atoms with Gasteiger partial charge in [-0.3, -0.25) is 9.59 Å². The number of benzene rings is 2. The van der Waals surface area contributed by atoms with Gasteiger partial charge in [0.1, 0.15) is 5.69 Å². The van der Waals surface area contributed by atoms with Gasteiger partial charge in [0.25, 0.3) is 0 Å². The van der Waals surface area contributed by atoms with Crippen molar-refractivity contribution in [2.75, 3.05) is 0 Å². The summed E-state index contributed by atoms with van der Waals surface area (Å²) in [5.41, 5.74) is 6.81. The van der Waals surface area contributed by atoms with Gasteiger partial charge >= 0.3 is 0 Å². The highest BCUT2D eigenvalue weighted by atomic mass is 79.9. The van der Waals surface area contributed by atoms with E-state index in [2.05, 4.69) is 151 Å². The van der Waals surface area contributed by atoms with E-state index in [0.29, 0.717) is 11.4 Å². The maximum Gasteiger partial charge on any atom is 0.186 e. The van der Waals surface area contributed by atoms with Crippen molar-refractivity contribution in [1.29, 1.82) is 0 Å². The first-order valence-electron chi connectivity index (χ1n) is 16.9. The Morgan fingerprint density at radius 1 is 0.490 bits per heavy atom. The molecule has 0 bridgehead atoms. The molecule has 51 heavy (non-hydrogen) atoms. The third-order valence-electron chi connectivity index (χ3n) is 8.49. The van der Waals surface area contributed by atoms with E-state index >= 15 is 0 Å². The van der Waals surface area contributed by atoms with E-state index in [0.717, 1.165) is 58.0 Å². The van der Waals surface area contributed by atoms with Crippen molar-refractivity contribution in [3.05, 3.63) is 114 Å². The van der Waals surface area contributed by atoms with Gasteiger partial charge in [0.15, 0.2) is 11.6 Å². The fourth-order valence-electron chi connectivity index (χ4n) is 5.59. The van der Waals surface area contributed by atoms with Crippen molar-refractivity contribution < 1.29 is 9.59 Å². The minimum atomic E-state index is -0.296. The Morgan fingerprint density at radius 2 is 0.863 bits per heavy atom. The highest BCUT2D eigenvalue weighted by molar-refractivity contribution is 9.11. The first kappa shape index (κ1) is 40.6. The molecule has 0 saturated heterocycles. The number of carbonyl (C=O) groups is 2. The zero-order valence-corrected chi connectivity index (χ0v) is 36.3. The maximum atomic E-state index is 13.3. The standard InChI is InChI=1S/C42H47Br3N4O2/c1-39(2,3)28-15-24(16-29(37(28)50)40(4,5)6)22-46-48-35-14-13-26(19-33(35)44)27-20-34(45)36(21-32(27)43)49-47-23-25-17-30(41(7,8)9)38(51)31(18-25)42(10,11)12/h13-23H,1-12H3/b48-46+,49-47+. The van der Waals surface area contributed by atoms with Crippen molar-refractivity contribution in [2.45, 2.75) is 83.1 Å². The molecule has 0 heterocycles. The first-order chi connectivity index (χ1) is 23.4. The molecule has 0 atom stereocenters. The van der Waals surface area contributed by atoms with Crippen molar-refractivity contribution in [2.24, 2.45) is 42.1 Å². The van der Waals surface area contributed by atoms with Crippen LogP contribution < -0.4 is 0 Å². The highest BCUT2D eigenvalue weighted by Crippen LogP contribution is 2.42. The Bertz CT molecular complexity index is 1960. The maximum absolute atomic E-state index is 13.3. The Balaban J connectivity index is 1.59. The monoisotopic (exact) mass is 876 g/mol. The lowest BCUT2D eigenvalue weighted by Gasteiger charge is -2.31. The lowest BCUT2D eigenvalue weighted by Crippen LogP contribution is -2.27. The van der Waals surface area contributed by atoms with Gasteiger partial charge in [0.2, 0.25) is 0 Å². The van der Waals surface area contributed by atoms with E-state index in [1.54, 1.807) is 12.4 Å². The minimum Gasteiger partial charge on any atom is -0.289 e. The molecule has 6 nitrogen and oxygen atoms in total. The topological polar surface area (TPSA) is 83.6 Å². The third-order valence-corrected chi connectivity index (χ3v) is 10.4. The molecular weight excluding hydrogens is 832 g/mol. The largest absolute Gasteiger partial charge is 0.289 e. The zero-order valence-electron chi connectivity index (χ0n) is 31.6. The van der Waals surface area contributed by atoms with Crippen molar-refractivity contribution >= 4 is 70.7 Å². The van der Waals surface area contributed by atoms with Crippen molar-refractivity contribution in [3.63, 3.8) is 0 Å². The lowest BCUT2D eigenvalue weighted by atomic mass is 9.72. The molecule has 0 N–H and O–H groups in total. The van der Waals surface area contributed by atoms with E-state index in [1.165, 1.54) is 0 Å². The SMILES string of the molecule is CC(C)(C)C1=CC(=C/N=N/c2ccc(-c3cc(Br)c(/N=N/C=C4C=C(C(C)(C)C)C(=O)C(C(C)(C)C)=C4)cc3Br)cc2Br)C=C(C(C)(C)C)C1=O. The molecule has 2 aromatic carbocycles. The summed E-state index contributed by atoms with van der Waals surface area (Å²) >= 11 is 11.1. The van der Waals surface area contributed by atoms with E-state index in [-0.39, 0.29) is 33.2 Å². The predicted molar refractivity (Wildman–Crippen MR) is 220 cm³/mol. The number of azo groups is 2. The predicted octanol–water partition coefficient (Wildman–Crippen LogP) is 14.6. The fourth-order valence-corrected chi connectivity index (χ4v) is 7.03. The summed E-state index contributed by atoms with van der Waals surface area (Å²) in [5.74, 6) is 0.176. The van der Waals surface area contributed by atoms with Gasteiger partial charge in [0, 0.05) is 35.7 Å². The van der Waals surface area contributed by atoms with E-state index < -0.39 is 0 Å². The number of hydrogen-bond acceptors (Lipinski definition) is 6. The molecule has 0 unspecified atom stereocenters.